The highest BCUT2D eigenvalue weighted by Gasteiger charge is 2.21. The van der Waals surface area contributed by atoms with Gasteiger partial charge in [0, 0.05) is 6.54 Å². The summed E-state index contributed by atoms with van der Waals surface area (Å²) in [6, 6.07) is 0. The van der Waals surface area contributed by atoms with Gasteiger partial charge in [-0.15, -0.1) is 5.10 Å². The van der Waals surface area contributed by atoms with Gasteiger partial charge >= 0.3 is 11.6 Å². The number of ether oxygens (including phenoxy) is 1. The lowest BCUT2D eigenvalue weighted by Crippen LogP contribution is -2.21. The molecule has 7 nitrogen and oxygen atoms in total. The number of aryl methyl sites for hydroxylation is 1. The molecule has 16 heavy (non-hydrogen) atoms. The van der Waals surface area contributed by atoms with Crippen molar-refractivity contribution in [3.63, 3.8) is 0 Å². The van der Waals surface area contributed by atoms with Gasteiger partial charge in [0.05, 0.1) is 17.6 Å². The molecule has 0 radical (unpaired) electrons. The minimum atomic E-state index is -0.825. The van der Waals surface area contributed by atoms with Crippen molar-refractivity contribution < 1.29 is 14.8 Å². The van der Waals surface area contributed by atoms with Crippen LogP contribution in [0.15, 0.2) is 6.20 Å². The Morgan fingerprint density at radius 2 is 2.31 bits per heavy atom. The Morgan fingerprint density at radius 1 is 1.69 bits per heavy atom. The average Bonchev–Trinajstić information content (AvgIpc) is 2.56. The van der Waals surface area contributed by atoms with E-state index in [0.717, 1.165) is 0 Å². The summed E-state index contributed by atoms with van der Waals surface area (Å²) in [7, 11) is 1.33. The number of aliphatic hydroxyl groups is 1. The highest BCUT2D eigenvalue weighted by molar-refractivity contribution is 5.38. The maximum atomic E-state index is 10.6. The smallest absolute Gasteiger partial charge is 0.350 e. The number of nitrogens with zero attached hydrogens (tertiary/aromatic N) is 3. The van der Waals surface area contributed by atoms with Crippen molar-refractivity contribution >= 4 is 5.69 Å². The number of hydrogen-bond donors (Lipinski definition) is 1. The first kappa shape index (κ1) is 12.4. The van der Waals surface area contributed by atoms with Crippen LogP contribution in [0.2, 0.25) is 0 Å². The first-order valence-electron chi connectivity index (χ1n) is 4.81. The van der Waals surface area contributed by atoms with Gasteiger partial charge in [0.1, 0.15) is 6.20 Å². The van der Waals surface area contributed by atoms with E-state index in [9.17, 15) is 15.2 Å². The van der Waals surface area contributed by atoms with Gasteiger partial charge in [0.15, 0.2) is 0 Å². The van der Waals surface area contributed by atoms with Crippen LogP contribution < -0.4 is 4.74 Å². The lowest BCUT2D eigenvalue weighted by Gasteiger charge is -2.16. The van der Waals surface area contributed by atoms with Crippen molar-refractivity contribution in [1.29, 1.82) is 0 Å². The van der Waals surface area contributed by atoms with Crippen LogP contribution in [0, 0.1) is 10.1 Å². The van der Waals surface area contributed by atoms with E-state index < -0.39 is 10.5 Å². The highest BCUT2D eigenvalue weighted by atomic mass is 16.6. The third kappa shape index (κ3) is 3.20. The largest absolute Gasteiger partial charge is 0.475 e. The van der Waals surface area contributed by atoms with Crippen LogP contribution in [-0.2, 0) is 6.54 Å². The average molecular weight is 229 g/mol. The number of nitro groups is 1. The number of aromatic nitrogens is 2. The molecule has 0 unspecified atom stereocenters. The van der Waals surface area contributed by atoms with Crippen LogP contribution in [-0.4, -0.2) is 32.5 Å². The van der Waals surface area contributed by atoms with Gasteiger partial charge in [-0.25, -0.2) is 0 Å². The molecule has 0 bridgehead atoms. The van der Waals surface area contributed by atoms with Crippen molar-refractivity contribution in [2.24, 2.45) is 0 Å². The van der Waals surface area contributed by atoms with Crippen LogP contribution >= 0.6 is 0 Å². The first-order chi connectivity index (χ1) is 7.33. The topological polar surface area (TPSA) is 90.4 Å². The minimum absolute atomic E-state index is 0.0132. The molecule has 0 aromatic carbocycles. The Hall–Kier alpha value is -1.63. The summed E-state index contributed by atoms with van der Waals surface area (Å²) in [5, 5.41) is 24.0. The molecule has 7 heteroatoms. The van der Waals surface area contributed by atoms with E-state index in [1.54, 1.807) is 13.8 Å². The summed E-state index contributed by atoms with van der Waals surface area (Å²) in [4.78, 5) is 10.1. The van der Waals surface area contributed by atoms with Crippen LogP contribution in [0.5, 0.6) is 5.88 Å². The lowest BCUT2D eigenvalue weighted by molar-refractivity contribution is -0.385. The van der Waals surface area contributed by atoms with Gasteiger partial charge in [-0.2, -0.15) is 0 Å². The van der Waals surface area contributed by atoms with E-state index in [4.69, 9.17) is 4.74 Å². The fourth-order valence-electron chi connectivity index (χ4n) is 1.17. The fourth-order valence-corrected chi connectivity index (χ4v) is 1.17. The standard InChI is InChI=1S/C9H15N3O4/c1-9(2,13)4-5-11-6-7(12(14)15)8(10-11)16-3/h6,13H,4-5H2,1-3H3. The molecule has 1 N–H and O–H groups in total. The zero-order chi connectivity index (χ0) is 12.3. The van der Waals surface area contributed by atoms with Gasteiger partial charge in [-0.3, -0.25) is 14.8 Å². The van der Waals surface area contributed by atoms with Crippen LogP contribution in [0.1, 0.15) is 20.3 Å². The molecule has 1 aromatic rings. The van der Waals surface area contributed by atoms with E-state index in [2.05, 4.69) is 5.10 Å². The zero-order valence-corrected chi connectivity index (χ0v) is 9.51. The third-order valence-electron chi connectivity index (χ3n) is 2.05. The summed E-state index contributed by atoms with van der Waals surface area (Å²) in [6.07, 6.45) is 1.75. The molecule has 0 aliphatic carbocycles. The monoisotopic (exact) mass is 229 g/mol. The van der Waals surface area contributed by atoms with E-state index in [-0.39, 0.29) is 11.6 Å². The van der Waals surface area contributed by atoms with Crippen molar-refractivity contribution in [1.82, 2.24) is 9.78 Å². The van der Waals surface area contributed by atoms with Crippen LogP contribution in [0.25, 0.3) is 0 Å². The Labute approximate surface area is 92.8 Å². The lowest BCUT2D eigenvalue weighted by atomic mass is 10.1. The number of methoxy groups -OCH3 is 1. The van der Waals surface area contributed by atoms with E-state index in [1.165, 1.54) is 18.0 Å². The molecule has 1 heterocycles. The summed E-state index contributed by atoms with van der Waals surface area (Å²) >= 11 is 0. The van der Waals surface area contributed by atoms with Crippen molar-refractivity contribution in [3.05, 3.63) is 16.3 Å². The summed E-state index contributed by atoms with van der Waals surface area (Å²) < 4.78 is 6.18. The molecule has 0 saturated heterocycles. The first-order valence-corrected chi connectivity index (χ1v) is 4.81. The maximum Gasteiger partial charge on any atom is 0.350 e. The fraction of sp³-hybridized carbons (Fsp3) is 0.667. The van der Waals surface area contributed by atoms with Gasteiger partial charge in [0.2, 0.25) is 0 Å². The van der Waals surface area contributed by atoms with Crippen molar-refractivity contribution in [2.75, 3.05) is 7.11 Å². The second kappa shape index (κ2) is 4.48. The second-order valence-electron chi connectivity index (χ2n) is 4.11. The van der Waals surface area contributed by atoms with E-state index >= 15 is 0 Å². The van der Waals surface area contributed by atoms with Gasteiger partial charge in [-0.1, -0.05) is 0 Å². The molecule has 0 spiro atoms. The van der Waals surface area contributed by atoms with Crippen molar-refractivity contribution in [3.8, 4) is 5.88 Å². The molecule has 0 aliphatic rings. The molecular formula is C9H15N3O4. The summed E-state index contributed by atoms with van der Waals surface area (Å²) in [5.74, 6) is -0.0132. The molecule has 1 aromatic heterocycles. The Balaban J connectivity index is 2.79. The maximum absolute atomic E-state index is 10.6. The predicted octanol–water partition coefficient (Wildman–Crippen LogP) is 0.961. The number of rotatable bonds is 5. The minimum Gasteiger partial charge on any atom is -0.475 e. The van der Waals surface area contributed by atoms with Crippen LogP contribution in [0.4, 0.5) is 5.69 Å². The Kier molecular flexibility index (Phi) is 3.48. The summed E-state index contributed by atoms with van der Waals surface area (Å²) in [6.45, 7) is 3.73. The quantitative estimate of drug-likeness (QED) is 0.599. The van der Waals surface area contributed by atoms with Gasteiger partial charge in [0.25, 0.3) is 0 Å². The van der Waals surface area contributed by atoms with Gasteiger partial charge < -0.3 is 9.84 Å². The Morgan fingerprint density at radius 3 is 2.69 bits per heavy atom. The SMILES string of the molecule is COc1nn(CCC(C)(C)O)cc1[N+](=O)[O-]. The summed E-state index contributed by atoms with van der Waals surface area (Å²) in [5.41, 5.74) is -0.994. The molecule has 1 rings (SSSR count). The second-order valence-corrected chi connectivity index (χ2v) is 4.11. The van der Waals surface area contributed by atoms with E-state index in [0.29, 0.717) is 13.0 Å². The highest BCUT2D eigenvalue weighted by Crippen LogP contribution is 2.24. The zero-order valence-electron chi connectivity index (χ0n) is 9.51. The molecular weight excluding hydrogens is 214 g/mol. The molecule has 0 amide bonds. The molecule has 90 valence electrons. The normalized spacial score (nSPS) is 11.5. The Bertz CT molecular complexity index is 381. The molecule has 0 aliphatic heterocycles. The molecule has 0 saturated carbocycles. The molecule has 0 atom stereocenters. The van der Waals surface area contributed by atoms with Crippen molar-refractivity contribution in [2.45, 2.75) is 32.4 Å². The predicted molar refractivity (Wildman–Crippen MR) is 56.3 cm³/mol. The van der Waals surface area contributed by atoms with Gasteiger partial charge in [-0.05, 0) is 20.3 Å². The third-order valence-corrected chi connectivity index (χ3v) is 2.05. The van der Waals surface area contributed by atoms with Crippen LogP contribution in [0.3, 0.4) is 0 Å². The number of hydrogen-bond acceptors (Lipinski definition) is 5. The van der Waals surface area contributed by atoms with E-state index in [1.807, 2.05) is 0 Å². The molecule has 0 fully saturated rings.